The Bertz CT molecular complexity index is 517. The lowest BCUT2D eigenvalue weighted by molar-refractivity contribution is 0.415. The third-order valence-electron chi connectivity index (χ3n) is 3.06. The van der Waals surface area contributed by atoms with Crippen molar-refractivity contribution in [2.75, 3.05) is 7.11 Å². The van der Waals surface area contributed by atoms with Gasteiger partial charge in [0.05, 0.1) is 12.8 Å². The number of methoxy groups -OCH3 is 1. The van der Waals surface area contributed by atoms with Crippen LogP contribution in [-0.4, -0.2) is 18.1 Å². The van der Waals surface area contributed by atoms with E-state index in [1.54, 1.807) is 18.4 Å². The Labute approximate surface area is 111 Å². The molecule has 18 heavy (non-hydrogen) atoms. The van der Waals surface area contributed by atoms with Gasteiger partial charge in [0.15, 0.2) is 0 Å². The van der Waals surface area contributed by atoms with E-state index in [1.165, 1.54) is 12.8 Å². The summed E-state index contributed by atoms with van der Waals surface area (Å²) in [6.45, 7) is 0.894. The number of ether oxygens (including phenoxy) is 1. The number of hydrogen-bond acceptors (Lipinski definition) is 4. The molecule has 1 fully saturated rings. The van der Waals surface area contributed by atoms with E-state index in [2.05, 4.69) is 15.7 Å². The summed E-state index contributed by atoms with van der Waals surface area (Å²) in [6, 6.07) is 8.77. The molecule has 94 valence electrons. The van der Waals surface area contributed by atoms with Crippen molar-refractivity contribution in [1.29, 1.82) is 0 Å². The fraction of sp³-hybridized carbons (Fsp3) is 0.357. The molecule has 2 aromatic rings. The molecule has 3 rings (SSSR count). The predicted octanol–water partition coefficient (Wildman–Crippen LogP) is 3.07. The van der Waals surface area contributed by atoms with Crippen LogP contribution in [0.2, 0.25) is 0 Å². The molecule has 1 aliphatic carbocycles. The second kappa shape index (κ2) is 5.08. The molecule has 0 bridgehead atoms. The Balaban J connectivity index is 1.70. The van der Waals surface area contributed by atoms with Crippen molar-refractivity contribution in [3.63, 3.8) is 0 Å². The Hall–Kier alpha value is -1.39. The standard InChI is InChI=1S/C14H16N2OS/c1-17-12-6-2-10(3-7-12)13-9-18-14(16-13)8-15-11-4-5-11/h2-3,6-7,9,11,15H,4-5,8H2,1H3. The van der Waals surface area contributed by atoms with Gasteiger partial charge < -0.3 is 10.1 Å². The van der Waals surface area contributed by atoms with Crippen molar-refractivity contribution in [1.82, 2.24) is 10.3 Å². The molecule has 0 saturated heterocycles. The van der Waals surface area contributed by atoms with Gasteiger partial charge in [-0.25, -0.2) is 4.98 Å². The average Bonchev–Trinajstić information content (AvgIpc) is 3.14. The summed E-state index contributed by atoms with van der Waals surface area (Å²) >= 11 is 1.72. The number of thiazole rings is 1. The van der Waals surface area contributed by atoms with Crippen molar-refractivity contribution in [2.45, 2.75) is 25.4 Å². The van der Waals surface area contributed by atoms with Crippen LogP contribution in [0.5, 0.6) is 5.75 Å². The number of rotatable bonds is 5. The van der Waals surface area contributed by atoms with Crippen LogP contribution in [-0.2, 0) is 6.54 Å². The highest BCUT2D eigenvalue weighted by Gasteiger charge is 2.20. The first-order valence-corrected chi connectivity index (χ1v) is 7.05. The fourth-order valence-corrected chi connectivity index (χ4v) is 2.56. The normalized spacial score (nSPS) is 14.7. The molecule has 1 heterocycles. The second-order valence-corrected chi connectivity index (χ2v) is 5.45. The number of hydrogen-bond donors (Lipinski definition) is 1. The molecule has 1 aromatic heterocycles. The predicted molar refractivity (Wildman–Crippen MR) is 74.0 cm³/mol. The van der Waals surface area contributed by atoms with Gasteiger partial charge in [-0.05, 0) is 37.1 Å². The minimum atomic E-state index is 0.735. The lowest BCUT2D eigenvalue weighted by atomic mass is 10.2. The SMILES string of the molecule is COc1ccc(-c2csc(CNC3CC3)n2)cc1. The van der Waals surface area contributed by atoms with Crippen LogP contribution in [0.3, 0.4) is 0 Å². The van der Waals surface area contributed by atoms with Gasteiger partial charge in [-0.1, -0.05) is 0 Å². The number of benzene rings is 1. The molecular weight excluding hydrogens is 244 g/mol. The molecule has 0 atom stereocenters. The highest BCUT2D eigenvalue weighted by Crippen LogP contribution is 2.25. The van der Waals surface area contributed by atoms with Gasteiger partial charge in [-0.2, -0.15) is 0 Å². The van der Waals surface area contributed by atoms with E-state index in [0.29, 0.717) is 0 Å². The summed E-state index contributed by atoms with van der Waals surface area (Å²) in [6.07, 6.45) is 2.63. The number of nitrogens with zero attached hydrogens (tertiary/aromatic N) is 1. The van der Waals surface area contributed by atoms with Gasteiger partial charge in [0.25, 0.3) is 0 Å². The van der Waals surface area contributed by atoms with E-state index in [0.717, 1.165) is 34.6 Å². The Morgan fingerprint density at radius 2 is 2.11 bits per heavy atom. The molecule has 0 unspecified atom stereocenters. The molecule has 1 N–H and O–H groups in total. The lowest BCUT2D eigenvalue weighted by Crippen LogP contribution is -2.14. The largest absolute Gasteiger partial charge is 0.497 e. The highest BCUT2D eigenvalue weighted by atomic mass is 32.1. The fourth-order valence-electron chi connectivity index (χ4n) is 1.81. The summed E-state index contributed by atoms with van der Waals surface area (Å²) in [5.41, 5.74) is 2.19. The maximum Gasteiger partial charge on any atom is 0.118 e. The van der Waals surface area contributed by atoms with Crippen LogP contribution in [0.15, 0.2) is 29.6 Å². The van der Waals surface area contributed by atoms with Gasteiger partial charge in [0.1, 0.15) is 10.8 Å². The number of aromatic nitrogens is 1. The molecule has 0 spiro atoms. The van der Waals surface area contributed by atoms with E-state index in [-0.39, 0.29) is 0 Å². The quantitative estimate of drug-likeness (QED) is 0.897. The van der Waals surface area contributed by atoms with E-state index >= 15 is 0 Å². The van der Waals surface area contributed by atoms with Crippen LogP contribution in [0.4, 0.5) is 0 Å². The van der Waals surface area contributed by atoms with Crippen molar-refractivity contribution >= 4 is 11.3 Å². The van der Waals surface area contributed by atoms with E-state index in [1.807, 2.05) is 24.3 Å². The first-order valence-electron chi connectivity index (χ1n) is 6.17. The molecule has 4 heteroatoms. The maximum absolute atomic E-state index is 5.15. The van der Waals surface area contributed by atoms with Crippen LogP contribution in [0.1, 0.15) is 17.8 Å². The maximum atomic E-state index is 5.15. The Morgan fingerprint density at radius 1 is 1.33 bits per heavy atom. The Kier molecular flexibility index (Phi) is 3.30. The topological polar surface area (TPSA) is 34.1 Å². The second-order valence-electron chi connectivity index (χ2n) is 4.51. The van der Waals surface area contributed by atoms with Gasteiger partial charge >= 0.3 is 0 Å². The molecule has 1 aromatic carbocycles. The van der Waals surface area contributed by atoms with E-state index in [9.17, 15) is 0 Å². The number of nitrogens with one attached hydrogen (secondary N) is 1. The van der Waals surface area contributed by atoms with Gasteiger partial charge in [0, 0.05) is 23.5 Å². The van der Waals surface area contributed by atoms with Crippen molar-refractivity contribution in [2.24, 2.45) is 0 Å². The monoisotopic (exact) mass is 260 g/mol. The highest BCUT2D eigenvalue weighted by molar-refractivity contribution is 7.09. The summed E-state index contributed by atoms with van der Waals surface area (Å²) < 4.78 is 5.15. The van der Waals surface area contributed by atoms with Crippen LogP contribution >= 0.6 is 11.3 Å². The summed E-state index contributed by atoms with van der Waals surface area (Å²) in [5.74, 6) is 0.879. The molecule has 0 aliphatic heterocycles. The zero-order valence-corrected chi connectivity index (χ0v) is 11.2. The summed E-state index contributed by atoms with van der Waals surface area (Å²) in [4.78, 5) is 4.65. The molecular formula is C14H16N2OS. The van der Waals surface area contributed by atoms with Gasteiger partial charge in [-0.15, -0.1) is 11.3 Å². The zero-order chi connectivity index (χ0) is 12.4. The van der Waals surface area contributed by atoms with E-state index in [4.69, 9.17) is 4.74 Å². The summed E-state index contributed by atoms with van der Waals surface area (Å²) in [7, 11) is 1.68. The Morgan fingerprint density at radius 3 is 2.78 bits per heavy atom. The van der Waals surface area contributed by atoms with Crippen LogP contribution in [0, 0.1) is 0 Å². The van der Waals surface area contributed by atoms with Crippen LogP contribution in [0.25, 0.3) is 11.3 Å². The smallest absolute Gasteiger partial charge is 0.118 e. The van der Waals surface area contributed by atoms with E-state index < -0.39 is 0 Å². The zero-order valence-electron chi connectivity index (χ0n) is 10.3. The molecule has 0 radical (unpaired) electrons. The van der Waals surface area contributed by atoms with Gasteiger partial charge in [0.2, 0.25) is 0 Å². The molecule has 1 saturated carbocycles. The lowest BCUT2D eigenvalue weighted by Gasteiger charge is -2.00. The minimum Gasteiger partial charge on any atom is -0.497 e. The average molecular weight is 260 g/mol. The first-order chi connectivity index (χ1) is 8.85. The third kappa shape index (κ3) is 2.71. The minimum absolute atomic E-state index is 0.735. The van der Waals surface area contributed by atoms with Crippen molar-refractivity contribution < 1.29 is 4.74 Å². The van der Waals surface area contributed by atoms with Crippen molar-refractivity contribution in [3.05, 3.63) is 34.7 Å². The summed E-state index contributed by atoms with van der Waals surface area (Å²) in [5, 5.41) is 6.76. The molecule has 0 amide bonds. The molecule has 1 aliphatic rings. The van der Waals surface area contributed by atoms with Crippen molar-refractivity contribution in [3.8, 4) is 17.0 Å². The van der Waals surface area contributed by atoms with Gasteiger partial charge in [-0.3, -0.25) is 0 Å². The third-order valence-corrected chi connectivity index (χ3v) is 3.91. The molecule has 3 nitrogen and oxygen atoms in total. The van der Waals surface area contributed by atoms with Crippen LogP contribution < -0.4 is 10.1 Å². The first kappa shape index (κ1) is 11.7.